The van der Waals surface area contributed by atoms with Crippen LogP contribution >= 0.6 is 0 Å². The Bertz CT molecular complexity index is 996. The van der Waals surface area contributed by atoms with Crippen molar-refractivity contribution in [2.24, 2.45) is 0 Å². The van der Waals surface area contributed by atoms with Crippen molar-refractivity contribution in [3.63, 3.8) is 0 Å². The summed E-state index contributed by atoms with van der Waals surface area (Å²) in [4.78, 5) is 35.9. The molecule has 156 valence electrons. The summed E-state index contributed by atoms with van der Waals surface area (Å²) in [5.41, 5.74) is 1.20. The number of carboxylic acids is 1. The third-order valence-electron chi connectivity index (χ3n) is 3.94. The first-order valence-electron chi connectivity index (χ1n) is 8.50. The largest absolute Gasteiger partial charge is 0.508 e. The summed E-state index contributed by atoms with van der Waals surface area (Å²) in [5.74, 6) is -2.91. The standard InChI is InChI=1S/C22H16O7.CH3.Zn/c1-13-2-4-14(5-3-13)21(26)28-18-10-16(20(24)25)11-19(12-18)29-22(27)15-6-8-17(23)9-7-15;;/h2-12,23H,1H3,(H,24,25);1H3;/q;-1;. The van der Waals surface area contributed by atoms with Gasteiger partial charge in [-0.25, -0.2) is 14.4 Å². The van der Waals surface area contributed by atoms with E-state index >= 15 is 0 Å². The Kier molecular flexibility index (Phi) is 9.09. The van der Waals surface area contributed by atoms with Crippen molar-refractivity contribution in [2.45, 2.75) is 6.92 Å². The third-order valence-corrected chi connectivity index (χ3v) is 3.94. The third kappa shape index (κ3) is 6.76. The number of aromatic hydroxyl groups is 1. The quantitative estimate of drug-likeness (QED) is 0.247. The van der Waals surface area contributed by atoms with Crippen LogP contribution in [-0.4, -0.2) is 28.1 Å². The van der Waals surface area contributed by atoms with Crippen LogP contribution in [-0.2, 0) is 19.5 Å². The van der Waals surface area contributed by atoms with Gasteiger partial charge < -0.3 is 27.1 Å². The summed E-state index contributed by atoms with van der Waals surface area (Å²) in [6.45, 7) is 1.88. The fourth-order valence-corrected chi connectivity index (χ4v) is 2.43. The van der Waals surface area contributed by atoms with E-state index in [0.29, 0.717) is 5.56 Å². The van der Waals surface area contributed by atoms with Crippen LogP contribution in [0.2, 0.25) is 0 Å². The molecule has 0 saturated heterocycles. The van der Waals surface area contributed by atoms with Gasteiger partial charge in [0.15, 0.2) is 0 Å². The van der Waals surface area contributed by atoms with Crippen molar-refractivity contribution in [2.75, 3.05) is 0 Å². The maximum absolute atomic E-state index is 12.3. The first-order valence-corrected chi connectivity index (χ1v) is 8.50. The molecule has 3 rings (SSSR count). The van der Waals surface area contributed by atoms with Crippen LogP contribution in [0.5, 0.6) is 17.2 Å². The molecule has 31 heavy (non-hydrogen) atoms. The van der Waals surface area contributed by atoms with Gasteiger partial charge >= 0.3 is 17.9 Å². The number of esters is 2. The normalized spacial score (nSPS) is 9.58. The fraction of sp³-hybridized carbons (Fsp3) is 0.0435. The number of aromatic carboxylic acids is 1. The summed E-state index contributed by atoms with van der Waals surface area (Å²) in [6.07, 6.45) is 0. The van der Waals surface area contributed by atoms with E-state index in [1.807, 2.05) is 6.92 Å². The molecule has 0 heterocycles. The fourth-order valence-electron chi connectivity index (χ4n) is 2.43. The summed E-state index contributed by atoms with van der Waals surface area (Å²) < 4.78 is 10.4. The summed E-state index contributed by atoms with van der Waals surface area (Å²) in [5, 5.41) is 18.6. The zero-order valence-electron chi connectivity index (χ0n) is 17.0. The van der Waals surface area contributed by atoms with Gasteiger partial charge in [-0.15, -0.1) is 0 Å². The van der Waals surface area contributed by atoms with E-state index in [1.165, 1.54) is 30.3 Å². The molecule has 0 amide bonds. The van der Waals surface area contributed by atoms with E-state index in [2.05, 4.69) is 0 Å². The number of ether oxygens (including phenoxy) is 2. The molecular weight excluding hydrogens is 454 g/mol. The molecule has 0 bridgehead atoms. The number of hydrogen-bond donors (Lipinski definition) is 2. The van der Waals surface area contributed by atoms with E-state index in [1.54, 1.807) is 24.3 Å². The topological polar surface area (TPSA) is 110 Å². The van der Waals surface area contributed by atoms with E-state index < -0.39 is 17.9 Å². The van der Waals surface area contributed by atoms with Crippen LogP contribution in [0, 0.1) is 14.4 Å². The predicted molar refractivity (Wildman–Crippen MR) is 109 cm³/mol. The number of carbonyl (C=O) groups excluding carboxylic acids is 2. The second-order valence-electron chi connectivity index (χ2n) is 6.19. The van der Waals surface area contributed by atoms with Gasteiger partial charge in [-0.3, -0.25) is 0 Å². The zero-order chi connectivity index (χ0) is 21.0. The molecule has 0 unspecified atom stereocenters. The van der Waals surface area contributed by atoms with Gasteiger partial charge in [-0.1, -0.05) is 17.7 Å². The molecule has 0 aliphatic carbocycles. The number of carboxylic acid groups (broad SMARTS) is 1. The Morgan fingerprint density at radius 1 is 0.710 bits per heavy atom. The van der Waals surface area contributed by atoms with Crippen LogP contribution in [0.1, 0.15) is 36.6 Å². The van der Waals surface area contributed by atoms with Gasteiger partial charge in [0.05, 0.1) is 16.7 Å². The Balaban J connectivity index is 0.00000240. The average Bonchev–Trinajstić information content (AvgIpc) is 2.68. The van der Waals surface area contributed by atoms with Crippen molar-refractivity contribution in [1.29, 1.82) is 0 Å². The maximum atomic E-state index is 12.3. The summed E-state index contributed by atoms with van der Waals surface area (Å²) >= 11 is 0. The molecule has 3 aromatic rings. The molecule has 0 radical (unpaired) electrons. The van der Waals surface area contributed by atoms with Crippen molar-refractivity contribution in [3.8, 4) is 17.2 Å². The molecule has 0 fully saturated rings. The number of aryl methyl sites for hydroxylation is 1. The number of phenols is 1. The van der Waals surface area contributed by atoms with Gasteiger partial charge in [0.1, 0.15) is 17.2 Å². The number of carbonyl (C=O) groups is 3. The minimum atomic E-state index is -1.28. The minimum Gasteiger partial charge on any atom is -0.508 e. The number of phenolic OH excluding ortho intramolecular Hbond substituents is 1. The smallest absolute Gasteiger partial charge is 0.343 e. The van der Waals surface area contributed by atoms with Gasteiger partial charge in [0.2, 0.25) is 0 Å². The molecule has 2 N–H and O–H groups in total. The van der Waals surface area contributed by atoms with Crippen LogP contribution < -0.4 is 9.47 Å². The molecule has 8 heteroatoms. The van der Waals surface area contributed by atoms with E-state index in [9.17, 15) is 24.6 Å². The van der Waals surface area contributed by atoms with Crippen molar-refractivity contribution in [1.82, 2.24) is 0 Å². The van der Waals surface area contributed by atoms with Crippen LogP contribution in [0.4, 0.5) is 0 Å². The Hall–Kier alpha value is -3.51. The predicted octanol–water partition coefficient (Wildman–Crippen LogP) is 4.29. The first-order chi connectivity index (χ1) is 13.8. The van der Waals surface area contributed by atoms with Crippen LogP contribution in [0.15, 0.2) is 66.7 Å². The van der Waals surface area contributed by atoms with Gasteiger partial charge in [-0.2, -0.15) is 0 Å². The monoisotopic (exact) mass is 471 g/mol. The molecule has 0 atom stereocenters. The SMILES string of the molecule is Cc1ccc(C(=O)Oc2cc(OC(=O)c3ccc(O)cc3)cc(C(=O)O)c2)cc1.[CH3-].[Zn]. The van der Waals surface area contributed by atoms with E-state index in [0.717, 1.165) is 17.7 Å². The van der Waals surface area contributed by atoms with Crippen molar-refractivity contribution < 1.29 is 53.5 Å². The molecule has 0 aliphatic rings. The van der Waals surface area contributed by atoms with Gasteiger partial charge in [0.25, 0.3) is 0 Å². The summed E-state index contributed by atoms with van der Waals surface area (Å²) in [6, 6.07) is 15.6. The zero-order valence-corrected chi connectivity index (χ0v) is 20.0. The molecule has 0 aliphatic heterocycles. The molecule has 0 saturated carbocycles. The van der Waals surface area contributed by atoms with Gasteiger partial charge in [0, 0.05) is 25.5 Å². The molecule has 0 spiro atoms. The first kappa shape index (κ1) is 25.5. The minimum absolute atomic E-state index is 0. The Labute approximate surface area is 192 Å². The van der Waals surface area contributed by atoms with E-state index in [4.69, 9.17) is 9.47 Å². The second kappa shape index (κ2) is 11.0. The second-order valence-corrected chi connectivity index (χ2v) is 6.19. The molecule has 7 nitrogen and oxygen atoms in total. The Morgan fingerprint density at radius 3 is 1.55 bits per heavy atom. The molecule has 3 aromatic carbocycles. The van der Waals surface area contributed by atoms with Crippen molar-refractivity contribution in [3.05, 3.63) is 96.4 Å². The number of benzene rings is 3. The van der Waals surface area contributed by atoms with E-state index in [-0.39, 0.29) is 55.3 Å². The number of rotatable bonds is 5. The molecular formula is C23H19O7Zn-. The van der Waals surface area contributed by atoms with Crippen molar-refractivity contribution >= 4 is 17.9 Å². The average molecular weight is 473 g/mol. The molecule has 0 aromatic heterocycles. The Morgan fingerprint density at radius 2 is 1.13 bits per heavy atom. The maximum Gasteiger partial charge on any atom is 0.343 e. The number of hydrogen-bond acceptors (Lipinski definition) is 6. The van der Waals surface area contributed by atoms with Crippen LogP contribution in [0.25, 0.3) is 0 Å². The van der Waals surface area contributed by atoms with Gasteiger partial charge in [-0.05, 0) is 55.5 Å². The van der Waals surface area contributed by atoms with Crippen LogP contribution in [0.3, 0.4) is 0 Å². The summed E-state index contributed by atoms with van der Waals surface area (Å²) in [7, 11) is 0.